The first-order valence-electron chi connectivity index (χ1n) is 6.93. The molecule has 0 spiro atoms. The average Bonchev–Trinajstić information content (AvgIpc) is 2.52. The SMILES string of the molecule is CCc1cc(NCCCC(=O)O)nc(-c2ccncc2)n1. The van der Waals surface area contributed by atoms with E-state index in [0.717, 1.165) is 23.5 Å². The second-order valence-corrected chi connectivity index (χ2v) is 4.58. The molecule has 0 aliphatic heterocycles. The van der Waals surface area contributed by atoms with Crippen molar-refractivity contribution in [2.75, 3.05) is 11.9 Å². The predicted molar refractivity (Wildman–Crippen MR) is 80.0 cm³/mol. The van der Waals surface area contributed by atoms with Crippen LogP contribution < -0.4 is 5.32 Å². The molecule has 0 radical (unpaired) electrons. The van der Waals surface area contributed by atoms with Crippen LogP contribution in [-0.4, -0.2) is 32.6 Å². The van der Waals surface area contributed by atoms with Crippen LogP contribution in [0.15, 0.2) is 30.6 Å². The van der Waals surface area contributed by atoms with Gasteiger partial charge in [0.1, 0.15) is 5.82 Å². The maximum atomic E-state index is 10.5. The number of nitrogens with one attached hydrogen (secondary N) is 1. The van der Waals surface area contributed by atoms with Crippen molar-refractivity contribution in [1.29, 1.82) is 0 Å². The average molecular weight is 286 g/mol. The lowest BCUT2D eigenvalue weighted by molar-refractivity contribution is -0.137. The van der Waals surface area contributed by atoms with E-state index in [2.05, 4.69) is 20.3 Å². The van der Waals surface area contributed by atoms with E-state index in [1.165, 1.54) is 0 Å². The molecule has 0 amide bonds. The normalized spacial score (nSPS) is 10.3. The molecule has 0 unspecified atom stereocenters. The first-order valence-corrected chi connectivity index (χ1v) is 6.93. The van der Waals surface area contributed by atoms with Crippen molar-refractivity contribution in [3.8, 4) is 11.4 Å². The molecular weight excluding hydrogens is 268 g/mol. The molecule has 110 valence electrons. The van der Waals surface area contributed by atoms with Crippen molar-refractivity contribution in [2.24, 2.45) is 0 Å². The van der Waals surface area contributed by atoms with Gasteiger partial charge in [0.15, 0.2) is 5.82 Å². The van der Waals surface area contributed by atoms with Gasteiger partial charge in [0.25, 0.3) is 0 Å². The number of carboxylic acids is 1. The lowest BCUT2D eigenvalue weighted by Gasteiger charge is -2.09. The number of pyridine rings is 1. The van der Waals surface area contributed by atoms with Gasteiger partial charge in [-0.3, -0.25) is 9.78 Å². The molecule has 0 aliphatic carbocycles. The van der Waals surface area contributed by atoms with E-state index in [4.69, 9.17) is 5.11 Å². The summed E-state index contributed by atoms with van der Waals surface area (Å²) in [5, 5.41) is 11.8. The number of aliphatic carboxylic acids is 1. The van der Waals surface area contributed by atoms with Gasteiger partial charge in [0.2, 0.25) is 0 Å². The number of hydrogen-bond acceptors (Lipinski definition) is 5. The minimum Gasteiger partial charge on any atom is -0.481 e. The summed E-state index contributed by atoms with van der Waals surface area (Å²) in [5.74, 6) is 0.586. The summed E-state index contributed by atoms with van der Waals surface area (Å²) >= 11 is 0. The summed E-state index contributed by atoms with van der Waals surface area (Å²) in [7, 11) is 0. The second kappa shape index (κ2) is 7.33. The Labute approximate surface area is 123 Å². The fraction of sp³-hybridized carbons (Fsp3) is 0.333. The molecular formula is C15H18N4O2. The van der Waals surface area contributed by atoms with Crippen LogP contribution in [0, 0.1) is 0 Å². The van der Waals surface area contributed by atoms with E-state index >= 15 is 0 Å². The Morgan fingerprint density at radius 1 is 1.29 bits per heavy atom. The van der Waals surface area contributed by atoms with Gasteiger partial charge in [-0.2, -0.15) is 0 Å². The van der Waals surface area contributed by atoms with E-state index in [9.17, 15) is 4.79 Å². The number of carbonyl (C=O) groups is 1. The van der Waals surface area contributed by atoms with Crippen LogP contribution in [0.3, 0.4) is 0 Å². The van der Waals surface area contributed by atoms with E-state index in [-0.39, 0.29) is 6.42 Å². The lowest BCUT2D eigenvalue weighted by atomic mass is 10.2. The zero-order chi connectivity index (χ0) is 15.1. The Morgan fingerprint density at radius 2 is 2.05 bits per heavy atom. The molecule has 0 saturated heterocycles. The highest BCUT2D eigenvalue weighted by Gasteiger charge is 2.06. The number of aromatic nitrogens is 3. The third kappa shape index (κ3) is 4.52. The molecule has 2 rings (SSSR count). The van der Waals surface area contributed by atoms with Crippen LogP contribution in [-0.2, 0) is 11.2 Å². The van der Waals surface area contributed by atoms with Crippen LogP contribution >= 0.6 is 0 Å². The van der Waals surface area contributed by atoms with Gasteiger partial charge in [-0.25, -0.2) is 9.97 Å². The lowest BCUT2D eigenvalue weighted by Crippen LogP contribution is -2.08. The van der Waals surface area contributed by atoms with Gasteiger partial charge in [0.05, 0.1) is 0 Å². The van der Waals surface area contributed by atoms with Gasteiger partial charge < -0.3 is 10.4 Å². The first kappa shape index (κ1) is 14.9. The first-order chi connectivity index (χ1) is 10.2. The second-order valence-electron chi connectivity index (χ2n) is 4.58. The molecule has 2 aromatic heterocycles. The minimum atomic E-state index is -0.786. The van der Waals surface area contributed by atoms with Crippen LogP contribution in [0.5, 0.6) is 0 Å². The van der Waals surface area contributed by atoms with Crippen LogP contribution in [0.1, 0.15) is 25.5 Å². The predicted octanol–water partition coefficient (Wildman–Crippen LogP) is 2.38. The molecule has 0 atom stereocenters. The van der Waals surface area contributed by atoms with E-state index in [1.807, 2.05) is 25.1 Å². The fourth-order valence-corrected chi connectivity index (χ4v) is 1.86. The standard InChI is InChI=1S/C15H18N4O2/c1-2-12-10-13(17-7-3-4-14(20)21)19-15(18-12)11-5-8-16-9-6-11/h5-6,8-10H,2-4,7H2,1H3,(H,20,21)(H,17,18,19). The summed E-state index contributed by atoms with van der Waals surface area (Å²) in [5.41, 5.74) is 1.85. The highest BCUT2D eigenvalue weighted by atomic mass is 16.4. The fourth-order valence-electron chi connectivity index (χ4n) is 1.86. The van der Waals surface area contributed by atoms with Crippen molar-refractivity contribution in [3.63, 3.8) is 0 Å². The van der Waals surface area contributed by atoms with Crippen LogP contribution in [0.25, 0.3) is 11.4 Å². The monoisotopic (exact) mass is 286 g/mol. The van der Waals surface area contributed by atoms with Gasteiger partial charge >= 0.3 is 5.97 Å². The molecule has 0 saturated carbocycles. The van der Waals surface area contributed by atoms with Crippen molar-refractivity contribution in [3.05, 3.63) is 36.3 Å². The topological polar surface area (TPSA) is 88.0 Å². The molecule has 0 aromatic carbocycles. The Kier molecular flexibility index (Phi) is 5.20. The van der Waals surface area contributed by atoms with E-state index in [0.29, 0.717) is 18.8 Å². The van der Waals surface area contributed by atoms with E-state index < -0.39 is 5.97 Å². The molecule has 0 bridgehead atoms. The molecule has 21 heavy (non-hydrogen) atoms. The van der Waals surface area contributed by atoms with Crippen LogP contribution in [0.4, 0.5) is 5.82 Å². The van der Waals surface area contributed by atoms with Gasteiger partial charge in [-0.15, -0.1) is 0 Å². The highest BCUT2D eigenvalue weighted by molar-refractivity contribution is 5.66. The smallest absolute Gasteiger partial charge is 0.303 e. The molecule has 2 heterocycles. The zero-order valence-electron chi connectivity index (χ0n) is 11.9. The summed E-state index contributed by atoms with van der Waals surface area (Å²) in [4.78, 5) is 23.5. The third-order valence-corrected chi connectivity index (χ3v) is 2.95. The number of rotatable bonds is 7. The zero-order valence-corrected chi connectivity index (χ0v) is 11.9. The summed E-state index contributed by atoms with van der Waals surface area (Å²) in [6, 6.07) is 5.62. The van der Waals surface area contributed by atoms with Gasteiger partial charge in [-0.05, 0) is 25.0 Å². The molecule has 2 N–H and O–H groups in total. The molecule has 6 nitrogen and oxygen atoms in total. The van der Waals surface area contributed by atoms with Crippen LogP contribution in [0.2, 0.25) is 0 Å². The van der Waals surface area contributed by atoms with Crippen molar-refractivity contribution in [1.82, 2.24) is 15.0 Å². The summed E-state index contributed by atoms with van der Waals surface area (Å²) < 4.78 is 0. The number of nitrogens with zero attached hydrogens (tertiary/aromatic N) is 3. The Bertz CT molecular complexity index is 602. The maximum Gasteiger partial charge on any atom is 0.303 e. The highest BCUT2D eigenvalue weighted by Crippen LogP contribution is 2.17. The summed E-state index contributed by atoms with van der Waals surface area (Å²) in [6.07, 6.45) is 4.93. The van der Waals surface area contributed by atoms with Gasteiger partial charge in [-0.1, -0.05) is 6.92 Å². The van der Waals surface area contributed by atoms with Crippen molar-refractivity contribution in [2.45, 2.75) is 26.2 Å². The molecule has 0 aliphatic rings. The quantitative estimate of drug-likeness (QED) is 0.760. The van der Waals surface area contributed by atoms with Crippen molar-refractivity contribution >= 4 is 11.8 Å². The summed E-state index contributed by atoms with van der Waals surface area (Å²) in [6.45, 7) is 2.61. The molecule has 6 heteroatoms. The number of anilines is 1. The Hall–Kier alpha value is -2.50. The van der Waals surface area contributed by atoms with Gasteiger partial charge in [0, 0.05) is 42.7 Å². The third-order valence-electron chi connectivity index (χ3n) is 2.95. The number of carboxylic acid groups (broad SMARTS) is 1. The number of hydrogen-bond donors (Lipinski definition) is 2. The number of aryl methyl sites for hydroxylation is 1. The van der Waals surface area contributed by atoms with Crippen molar-refractivity contribution < 1.29 is 9.90 Å². The van der Waals surface area contributed by atoms with E-state index in [1.54, 1.807) is 12.4 Å². The Morgan fingerprint density at radius 3 is 2.71 bits per heavy atom. The molecule has 0 fully saturated rings. The maximum absolute atomic E-state index is 10.5. The molecule has 2 aromatic rings. The Balaban J connectivity index is 2.12. The minimum absolute atomic E-state index is 0.149. The largest absolute Gasteiger partial charge is 0.481 e.